The second-order valence-corrected chi connectivity index (χ2v) is 7.62. The molecule has 2 rings (SSSR count). The van der Waals surface area contributed by atoms with Crippen molar-refractivity contribution in [3.63, 3.8) is 0 Å². The van der Waals surface area contributed by atoms with E-state index in [0.717, 1.165) is 16.9 Å². The quantitative estimate of drug-likeness (QED) is 0.758. The maximum atomic E-state index is 12.1. The summed E-state index contributed by atoms with van der Waals surface area (Å²) >= 11 is 0.804. The zero-order valence-corrected chi connectivity index (χ0v) is 13.6. The van der Waals surface area contributed by atoms with Crippen molar-refractivity contribution in [2.24, 2.45) is 5.92 Å². The van der Waals surface area contributed by atoms with Gasteiger partial charge < -0.3 is 5.32 Å². The SMILES string of the molecule is CC(C)C(=O)Nc1nnc(S(=O)(=O)NCc2ccncc2)s1. The Morgan fingerprint density at radius 1 is 1.27 bits per heavy atom. The first-order valence-corrected chi connectivity index (χ1v) is 8.71. The fourth-order valence-electron chi connectivity index (χ4n) is 1.36. The van der Waals surface area contributed by atoms with Crippen LogP contribution in [0.3, 0.4) is 0 Å². The first kappa shape index (κ1) is 16.5. The number of carbonyl (C=O) groups is 1. The minimum Gasteiger partial charge on any atom is -0.300 e. The highest BCUT2D eigenvalue weighted by Gasteiger charge is 2.21. The average molecular weight is 341 g/mol. The summed E-state index contributed by atoms with van der Waals surface area (Å²) in [6, 6.07) is 3.41. The van der Waals surface area contributed by atoms with Crippen molar-refractivity contribution in [3.8, 4) is 0 Å². The molecule has 118 valence electrons. The van der Waals surface area contributed by atoms with Crippen LogP contribution in [0.5, 0.6) is 0 Å². The molecule has 2 N–H and O–H groups in total. The van der Waals surface area contributed by atoms with Gasteiger partial charge in [0.15, 0.2) is 0 Å². The molecular formula is C12H15N5O3S2. The molecule has 0 aromatic carbocycles. The topological polar surface area (TPSA) is 114 Å². The normalized spacial score (nSPS) is 11.6. The molecule has 0 saturated heterocycles. The van der Waals surface area contributed by atoms with Gasteiger partial charge in [-0.05, 0) is 17.7 Å². The van der Waals surface area contributed by atoms with E-state index >= 15 is 0 Å². The van der Waals surface area contributed by atoms with Gasteiger partial charge in [-0.15, -0.1) is 10.2 Å². The Kier molecular flexibility index (Phi) is 5.16. The summed E-state index contributed by atoms with van der Waals surface area (Å²) in [7, 11) is -3.77. The van der Waals surface area contributed by atoms with Crippen LogP contribution in [-0.4, -0.2) is 29.5 Å². The Balaban J connectivity index is 2.04. The van der Waals surface area contributed by atoms with Crippen molar-refractivity contribution in [1.82, 2.24) is 19.9 Å². The summed E-state index contributed by atoms with van der Waals surface area (Å²) in [6.07, 6.45) is 3.16. The molecule has 0 radical (unpaired) electrons. The molecule has 0 unspecified atom stereocenters. The van der Waals surface area contributed by atoms with Gasteiger partial charge in [-0.3, -0.25) is 9.78 Å². The molecule has 0 atom stereocenters. The molecule has 0 spiro atoms. The summed E-state index contributed by atoms with van der Waals surface area (Å²) in [5, 5.41) is 9.94. The minimum atomic E-state index is -3.77. The molecule has 0 aliphatic rings. The van der Waals surface area contributed by atoms with Crippen molar-refractivity contribution in [2.45, 2.75) is 24.7 Å². The highest BCUT2D eigenvalue weighted by molar-refractivity contribution is 7.91. The first-order chi connectivity index (χ1) is 10.4. The van der Waals surface area contributed by atoms with Crippen molar-refractivity contribution >= 4 is 32.4 Å². The van der Waals surface area contributed by atoms with Crippen LogP contribution >= 0.6 is 11.3 Å². The lowest BCUT2D eigenvalue weighted by Crippen LogP contribution is -2.23. The van der Waals surface area contributed by atoms with E-state index in [1.807, 2.05) is 0 Å². The zero-order chi connectivity index (χ0) is 16.2. The fourth-order valence-corrected chi connectivity index (χ4v) is 3.32. The molecule has 2 aromatic heterocycles. The molecule has 0 saturated carbocycles. The van der Waals surface area contributed by atoms with E-state index in [9.17, 15) is 13.2 Å². The van der Waals surface area contributed by atoms with Crippen LogP contribution in [0.4, 0.5) is 5.13 Å². The predicted octanol–water partition coefficient (Wildman–Crippen LogP) is 1.01. The van der Waals surface area contributed by atoms with Crippen molar-refractivity contribution < 1.29 is 13.2 Å². The third-order valence-electron chi connectivity index (χ3n) is 2.61. The van der Waals surface area contributed by atoms with Crippen molar-refractivity contribution in [1.29, 1.82) is 0 Å². The van der Waals surface area contributed by atoms with E-state index in [4.69, 9.17) is 0 Å². The molecule has 0 aliphatic heterocycles. The van der Waals surface area contributed by atoms with E-state index in [1.165, 1.54) is 0 Å². The van der Waals surface area contributed by atoms with Crippen LogP contribution in [0.2, 0.25) is 0 Å². The average Bonchev–Trinajstić information content (AvgIpc) is 2.95. The van der Waals surface area contributed by atoms with Crippen molar-refractivity contribution in [2.75, 3.05) is 5.32 Å². The Morgan fingerprint density at radius 3 is 2.59 bits per heavy atom. The number of rotatable bonds is 6. The maximum absolute atomic E-state index is 12.1. The Labute approximate surface area is 132 Å². The summed E-state index contributed by atoms with van der Waals surface area (Å²) in [6.45, 7) is 3.58. The third-order valence-corrected chi connectivity index (χ3v) is 5.21. The van der Waals surface area contributed by atoms with Gasteiger partial charge in [-0.25, -0.2) is 13.1 Å². The van der Waals surface area contributed by atoms with Gasteiger partial charge in [0.05, 0.1) is 0 Å². The second-order valence-electron chi connectivity index (χ2n) is 4.70. The molecule has 1 amide bonds. The van der Waals surface area contributed by atoms with Crippen LogP contribution < -0.4 is 10.0 Å². The van der Waals surface area contributed by atoms with Gasteiger partial charge in [0, 0.05) is 24.9 Å². The monoisotopic (exact) mass is 341 g/mol. The molecule has 8 nitrogen and oxygen atoms in total. The molecule has 10 heteroatoms. The number of hydrogen-bond donors (Lipinski definition) is 2. The molecule has 0 bridgehead atoms. The number of carbonyl (C=O) groups excluding carboxylic acids is 1. The number of anilines is 1. The van der Waals surface area contributed by atoms with Crippen LogP contribution in [-0.2, 0) is 21.4 Å². The lowest BCUT2D eigenvalue weighted by molar-refractivity contribution is -0.118. The molecular weight excluding hydrogens is 326 g/mol. The van der Waals surface area contributed by atoms with E-state index in [1.54, 1.807) is 38.4 Å². The van der Waals surface area contributed by atoms with Gasteiger partial charge in [-0.1, -0.05) is 25.2 Å². The van der Waals surface area contributed by atoms with E-state index in [0.29, 0.717) is 0 Å². The number of nitrogens with one attached hydrogen (secondary N) is 2. The standard InChI is InChI=1S/C12H15N5O3S2/c1-8(2)10(18)15-11-16-17-12(21-11)22(19,20)14-7-9-3-5-13-6-4-9/h3-6,8,14H,7H2,1-2H3,(H,15,16,18). The lowest BCUT2D eigenvalue weighted by Gasteiger charge is -2.03. The van der Waals surface area contributed by atoms with Gasteiger partial charge in [0.2, 0.25) is 15.4 Å². The largest absolute Gasteiger partial charge is 0.300 e. The Bertz CT molecular complexity index is 743. The van der Waals surface area contributed by atoms with Crippen LogP contribution in [0.15, 0.2) is 28.9 Å². The van der Waals surface area contributed by atoms with Crippen LogP contribution in [0.25, 0.3) is 0 Å². The second kappa shape index (κ2) is 6.90. The Hall–Kier alpha value is -1.91. The van der Waals surface area contributed by atoms with E-state index in [-0.39, 0.29) is 27.8 Å². The number of pyridine rings is 1. The van der Waals surface area contributed by atoms with Gasteiger partial charge in [-0.2, -0.15) is 0 Å². The highest BCUT2D eigenvalue weighted by Crippen LogP contribution is 2.20. The summed E-state index contributed by atoms with van der Waals surface area (Å²) in [5.74, 6) is -0.474. The predicted molar refractivity (Wildman–Crippen MR) is 81.6 cm³/mol. The van der Waals surface area contributed by atoms with E-state index < -0.39 is 10.0 Å². The first-order valence-electron chi connectivity index (χ1n) is 6.41. The lowest BCUT2D eigenvalue weighted by atomic mass is 10.2. The highest BCUT2D eigenvalue weighted by atomic mass is 32.2. The number of aromatic nitrogens is 3. The smallest absolute Gasteiger partial charge is 0.270 e. The molecule has 22 heavy (non-hydrogen) atoms. The van der Waals surface area contributed by atoms with Crippen LogP contribution in [0, 0.1) is 5.92 Å². The summed E-state index contributed by atoms with van der Waals surface area (Å²) in [5.41, 5.74) is 0.774. The molecule has 2 heterocycles. The fraction of sp³-hybridized carbons (Fsp3) is 0.333. The van der Waals surface area contributed by atoms with Gasteiger partial charge >= 0.3 is 0 Å². The maximum Gasteiger partial charge on any atom is 0.270 e. The van der Waals surface area contributed by atoms with Crippen molar-refractivity contribution in [3.05, 3.63) is 30.1 Å². The molecule has 2 aromatic rings. The minimum absolute atomic E-state index is 0.123. The van der Waals surface area contributed by atoms with Crippen LogP contribution in [0.1, 0.15) is 19.4 Å². The molecule has 0 fully saturated rings. The number of hydrogen-bond acceptors (Lipinski definition) is 7. The number of sulfonamides is 1. The van der Waals surface area contributed by atoms with E-state index in [2.05, 4.69) is 25.2 Å². The summed E-state index contributed by atoms with van der Waals surface area (Å²) < 4.78 is 26.4. The van der Waals surface area contributed by atoms with Gasteiger partial charge in [0.25, 0.3) is 10.0 Å². The number of amides is 1. The molecule has 0 aliphatic carbocycles. The summed E-state index contributed by atoms with van der Waals surface area (Å²) in [4.78, 5) is 15.4. The number of nitrogens with zero attached hydrogens (tertiary/aromatic N) is 3. The van der Waals surface area contributed by atoms with Gasteiger partial charge in [0.1, 0.15) is 0 Å². The third kappa shape index (κ3) is 4.29. The zero-order valence-electron chi connectivity index (χ0n) is 12.0. The Morgan fingerprint density at radius 2 is 1.95 bits per heavy atom.